The van der Waals surface area contributed by atoms with Crippen molar-refractivity contribution in [3.05, 3.63) is 119 Å². The van der Waals surface area contributed by atoms with Gasteiger partial charge in [0, 0.05) is 6.42 Å². The first-order valence-electron chi connectivity index (χ1n) is 13.7. The average Bonchev–Trinajstić information content (AvgIpc) is 3.04. The van der Waals surface area contributed by atoms with Crippen LogP contribution in [0.15, 0.2) is 106 Å². The number of halogens is 4. The van der Waals surface area contributed by atoms with E-state index in [9.17, 15) is 23.1 Å². The molecule has 238 valence electrons. The van der Waals surface area contributed by atoms with Gasteiger partial charge in [-0.05, 0) is 73.3 Å². The molecule has 0 saturated heterocycles. The Kier molecular flexibility index (Phi) is 12.3. The topological polar surface area (TPSA) is 90.2 Å². The number of fused-ring (bicyclic) bond motifs is 1. The molecule has 0 radical (unpaired) electrons. The smallest absolute Gasteiger partial charge is 0.416 e. The van der Waals surface area contributed by atoms with Gasteiger partial charge in [-0.3, -0.25) is 4.79 Å². The molecule has 2 N–H and O–H groups in total. The van der Waals surface area contributed by atoms with E-state index in [1.807, 2.05) is 37.4 Å². The Bertz CT molecular complexity index is 1710. The molecule has 11 heteroatoms. The van der Waals surface area contributed by atoms with Crippen molar-refractivity contribution in [3.8, 4) is 34.1 Å². The molecule has 1 aromatic heterocycles. The fraction of sp³-hybridized carbons (Fsp3) is 0.206. The summed E-state index contributed by atoms with van der Waals surface area (Å²) in [6.45, 7) is 0.750. The van der Waals surface area contributed by atoms with Crippen LogP contribution in [0.5, 0.6) is 23.0 Å². The lowest BCUT2D eigenvalue weighted by molar-refractivity contribution is -0.137. The molecule has 1 unspecified atom stereocenters. The molecule has 0 spiro atoms. The second-order valence-electron chi connectivity index (χ2n) is 9.63. The van der Waals surface area contributed by atoms with E-state index in [2.05, 4.69) is 5.32 Å². The first-order valence-corrected chi connectivity index (χ1v) is 13.7. The van der Waals surface area contributed by atoms with E-state index in [0.717, 1.165) is 36.2 Å². The van der Waals surface area contributed by atoms with Crippen LogP contribution >= 0.6 is 12.4 Å². The van der Waals surface area contributed by atoms with Gasteiger partial charge in [0.05, 0.1) is 30.7 Å². The van der Waals surface area contributed by atoms with Crippen molar-refractivity contribution in [3.63, 3.8) is 0 Å². The predicted molar refractivity (Wildman–Crippen MR) is 170 cm³/mol. The Hall–Kier alpha value is -4.67. The lowest BCUT2D eigenvalue weighted by Gasteiger charge is -2.20. The summed E-state index contributed by atoms with van der Waals surface area (Å²) in [6, 6.07) is 24.5. The minimum absolute atomic E-state index is 0. The molecule has 0 fully saturated rings. The van der Waals surface area contributed by atoms with Gasteiger partial charge in [-0.15, -0.1) is 12.4 Å². The predicted octanol–water partition coefficient (Wildman–Crippen LogP) is 8.04. The van der Waals surface area contributed by atoms with Crippen molar-refractivity contribution in [2.45, 2.75) is 18.7 Å². The third-order valence-corrected chi connectivity index (χ3v) is 6.77. The van der Waals surface area contributed by atoms with Crippen LogP contribution in [0.4, 0.5) is 13.2 Å². The van der Waals surface area contributed by atoms with Crippen molar-refractivity contribution in [2.75, 3.05) is 27.8 Å². The van der Waals surface area contributed by atoms with Gasteiger partial charge in [0.25, 0.3) is 0 Å². The second-order valence-corrected chi connectivity index (χ2v) is 9.63. The molecule has 4 aromatic carbocycles. The Balaban J connectivity index is 0.000000240. The molecule has 0 aliphatic carbocycles. The molecule has 0 bridgehead atoms. The molecule has 1 atom stereocenters. The molecular weight excluding hydrogens is 611 g/mol. The summed E-state index contributed by atoms with van der Waals surface area (Å²) < 4.78 is 59.3. The van der Waals surface area contributed by atoms with E-state index >= 15 is 0 Å². The quantitative estimate of drug-likeness (QED) is 0.168. The number of aromatic hydroxyl groups is 1. The highest BCUT2D eigenvalue weighted by atomic mass is 35.5. The first-order chi connectivity index (χ1) is 21.2. The Morgan fingerprint density at radius 3 is 2.09 bits per heavy atom. The van der Waals surface area contributed by atoms with Crippen molar-refractivity contribution in [2.24, 2.45) is 0 Å². The summed E-state index contributed by atoms with van der Waals surface area (Å²) in [4.78, 5) is 12.6. The summed E-state index contributed by atoms with van der Waals surface area (Å²) in [5.41, 5.74) is 1.52. The third-order valence-electron chi connectivity index (χ3n) is 6.77. The molecule has 5 rings (SSSR count). The van der Waals surface area contributed by atoms with Crippen molar-refractivity contribution >= 4 is 23.4 Å². The van der Waals surface area contributed by atoms with Gasteiger partial charge in [0.15, 0.2) is 11.3 Å². The lowest BCUT2D eigenvalue weighted by atomic mass is 10.1. The Labute approximate surface area is 264 Å². The van der Waals surface area contributed by atoms with Crippen LogP contribution in [-0.4, -0.2) is 32.9 Å². The number of benzene rings is 4. The van der Waals surface area contributed by atoms with Gasteiger partial charge in [0.1, 0.15) is 23.9 Å². The molecule has 5 aromatic rings. The van der Waals surface area contributed by atoms with Crippen molar-refractivity contribution in [1.82, 2.24) is 5.32 Å². The minimum Gasteiger partial charge on any atom is -0.504 e. The molecule has 7 nitrogen and oxygen atoms in total. The lowest BCUT2D eigenvalue weighted by Crippen LogP contribution is -2.16. The van der Waals surface area contributed by atoms with E-state index in [-0.39, 0.29) is 41.0 Å². The fourth-order valence-corrected chi connectivity index (χ4v) is 4.46. The molecule has 0 aliphatic rings. The molecule has 0 saturated carbocycles. The van der Waals surface area contributed by atoms with E-state index in [1.165, 1.54) is 37.6 Å². The third kappa shape index (κ3) is 8.71. The maximum absolute atomic E-state index is 12.6. The minimum atomic E-state index is -4.33. The van der Waals surface area contributed by atoms with Crippen LogP contribution in [-0.2, 0) is 6.18 Å². The maximum Gasteiger partial charge on any atom is 0.416 e. The summed E-state index contributed by atoms with van der Waals surface area (Å²) in [7, 11) is 4.84. The van der Waals surface area contributed by atoms with E-state index in [4.69, 9.17) is 18.6 Å². The number of ether oxygens (including phenoxy) is 3. The summed E-state index contributed by atoms with van der Waals surface area (Å²) in [6.07, 6.45) is -2.44. The van der Waals surface area contributed by atoms with Gasteiger partial charge >= 0.3 is 6.18 Å². The number of nitrogens with one attached hydrogen (secondary N) is 1. The van der Waals surface area contributed by atoms with Crippen LogP contribution < -0.4 is 25.0 Å². The van der Waals surface area contributed by atoms with Crippen molar-refractivity contribution in [1.29, 1.82) is 0 Å². The first kappa shape index (κ1) is 34.8. The van der Waals surface area contributed by atoms with E-state index < -0.39 is 11.7 Å². The highest BCUT2D eigenvalue weighted by molar-refractivity contribution is 5.88. The van der Waals surface area contributed by atoms with E-state index in [0.29, 0.717) is 22.4 Å². The SMILES string of the molecule is CNCCC(Oc1ccc(C(F)(F)F)cc1)c1ccccc1.COc1ccc(-c2coc3c(OC)c(O)ccc3c2=O)cc1.Cl. The van der Waals surface area contributed by atoms with Gasteiger partial charge in [-0.25, -0.2) is 0 Å². The highest BCUT2D eigenvalue weighted by Gasteiger charge is 2.30. The average molecular weight is 644 g/mol. The number of alkyl halides is 3. The van der Waals surface area contributed by atoms with Gasteiger partial charge in [-0.1, -0.05) is 42.5 Å². The van der Waals surface area contributed by atoms with Crippen LogP contribution in [0.3, 0.4) is 0 Å². The Morgan fingerprint density at radius 1 is 0.867 bits per heavy atom. The van der Waals surface area contributed by atoms with E-state index in [1.54, 1.807) is 31.4 Å². The number of hydrogen-bond acceptors (Lipinski definition) is 7. The maximum atomic E-state index is 12.6. The number of phenols is 1. The zero-order valence-corrected chi connectivity index (χ0v) is 25.6. The molecule has 0 aliphatic heterocycles. The zero-order valence-electron chi connectivity index (χ0n) is 24.8. The van der Waals surface area contributed by atoms with Crippen LogP contribution in [0, 0.1) is 0 Å². The summed E-state index contributed by atoms with van der Waals surface area (Å²) in [5.74, 6) is 1.21. The second kappa shape index (κ2) is 15.9. The van der Waals surface area contributed by atoms with Crippen LogP contribution in [0.25, 0.3) is 22.1 Å². The molecule has 45 heavy (non-hydrogen) atoms. The normalized spacial score (nSPS) is 11.5. The highest BCUT2D eigenvalue weighted by Crippen LogP contribution is 2.35. The number of phenolic OH excluding ortho intramolecular Hbond substituents is 1. The standard InChI is InChI=1S/C17H18F3NO.C17H14O5.ClH/c1-21-12-11-16(13-5-3-2-4-6-13)22-15-9-7-14(8-10-15)17(18,19)20;1-20-11-5-3-10(4-6-11)13-9-22-16-12(15(13)19)7-8-14(18)17(16)21-2;/h2-10,16,21H,11-12H2,1H3;3-9,18H,1-2H3;1H. The summed E-state index contributed by atoms with van der Waals surface area (Å²) >= 11 is 0. The number of methoxy groups -OCH3 is 2. The number of hydrogen-bond donors (Lipinski definition) is 2. The van der Waals surface area contributed by atoms with Crippen molar-refractivity contribution < 1.29 is 36.9 Å². The number of rotatable bonds is 9. The molecule has 0 amide bonds. The van der Waals surface area contributed by atoms with Crippen LogP contribution in [0.1, 0.15) is 23.7 Å². The zero-order chi connectivity index (χ0) is 31.7. The monoisotopic (exact) mass is 643 g/mol. The van der Waals surface area contributed by atoms with Crippen LogP contribution in [0.2, 0.25) is 0 Å². The molecular formula is C34H33ClF3NO6. The van der Waals surface area contributed by atoms with Gasteiger partial charge in [-0.2, -0.15) is 13.2 Å². The van der Waals surface area contributed by atoms with Gasteiger partial charge < -0.3 is 29.1 Å². The molecule has 1 heterocycles. The fourth-order valence-electron chi connectivity index (χ4n) is 4.46. The summed E-state index contributed by atoms with van der Waals surface area (Å²) in [5, 5.41) is 13.1. The largest absolute Gasteiger partial charge is 0.504 e. The Morgan fingerprint density at radius 2 is 1.51 bits per heavy atom. The van der Waals surface area contributed by atoms with Gasteiger partial charge in [0.2, 0.25) is 11.2 Å².